The SMILES string of the molecule is CCN(C(=O)OC(C)(C)C)C(c1ccncc1)C(F)(F)F. The second kappa shape index (κ2) is 6.32. The lowest BCUT2D eigenvalue weighted by molar-refractivity contribution is -0.183. The number of nitrogens with zero attached hydrogens (tertiary/aromatic N) is 2. The van der Waals surface area contributed by atoms with Crippen molar-refractivity contribution in [1.82, 2.24) is 9.88 Å². The molecule has 118 valence electrons. The first-order valence-corrected chi connectivity index (χ1v) is 6.52. The number of amides is 1. The summed E-state index contributed by atoms with van der Waals surface area (Å²) in [6, 6.07) is 0.427. The highest BCUT2D eigenvalue weighted by atomic mass is 19.4. The molecule has 0 aliphatic rings. The third-order valence-corrected chi connectivity index (χ3v) is 2.61. The molecule has 1 aromatic heterocycles. The zero-order chi connectivity index (χ0) is 16.3. The highest BCUT2D eigenvalue weighted by Gasteiger charge is 2.47. The highest BCUT2D eigenvalue weighted by Crippen LogP contribution is 2.38. The minimum absolute atomic E-state index is 0.0507. The molecule has 0 aliphatic heterocycles. The maximum atomic E-state index is 13.4. The largest absolute Gasteiger partial charge is 0.444 e. The summed E-state index contributed by atoms with van der Waals surface area (Å²) in [5, 5.41) is 0. The van der Waals surface area contributed by atoms with E-state index in [0.717, 1.165) is 0 Å². The Labute approximate surface area is 121 Å². The maximum absolute atomic E-state index is 13.4. The van der Waals surface area contributed by atoms with Crippen molar-refractivity contribution in [3.63, 3.8) is 0 Å². The molecule has 1 aromatic rings. The number of carbonyl (C=O) groups excluding carboxylic acids is 1. The van der Waals surface area contributed by atoms with Gasteiger partial charge in [0.1, 0.15) is 5.60 Å². The number of rotatable bonds is 3. The molecule has 1 amide bonds. The molecule has 0 spiro atoms. The summed E-state index contributed by atoms with van der Waals surface area (Å²) >= 11 is 0. The van der Waals surface area contributed by atoms with Crippen LogP contribution >= 0.6 is 0 Å². The summed E-state index contributed by atoms with van der Waals surface area (Å²) in [6.07, 6.45) is -3.08. The van der Waals surface area contributed by atoms with E-state index in [9.17, 15) is 18.0 Å². The molecule has 1 unspecified atom stereocenters. The molecule has 1 atom stereocenters. The van der Waals surface area contributed by atoms with Crippen LogP contribution in [0.1, 0.15) is 39.3 Å². The topological polar surface area (TPSA) is 42.4 Å². The van der Waals surface area contributed by atoms with Crippen LogP contribution in [0.4, 0.5) is 18.0 Å². The van der Waals surface area contributed by atoms with Crippen LogP contribution in [0.25, 0.3) is 0 Å². The summed E-state index contributed by atoms with van der Waals surface area (Å²) in [6.45, 7) is 6.17. The monoisotopic (exact) mass is 304 g/mol. The van der Waals surface area contributed by atoms with Crippen LogP contribution < -0.4 is 0 Å². The Morgan fingerprint density at radius 2 is 1.81 bits per heavy atom. The summed E-state index contributed by atoms with van der Waals surface area (Å²) in [4.78, 5) is 16.4. The number of carbonyl (C=O) groups is 1. The molecule has 0 saturated carbocycles. The van der Waals surface area contributed by atoms with Gasteiger partial charge in [-0.1, -0.05) is 0 Å². The third-order valence-electron chi connectivity index (χ3n) is 2.61. The van der Waals surface area contributed by atoms with Crippen molar-refractivity contribution in [2.75, 3.05) is 6.54 Å². The summed E-state index contributed by atoms with van der Waals surface area (Å²) in [5.41, 5.74) is -0.913. The normalized spacial score (nSPS) is 13.7. The van der Waals surface area contributed by atoms with Crippen LogP contribution in [0.3, 0.4) is 0 Å². The van der Waals surface area contributed by atoms with Crippen molar-refractivity contribution < 1.29 is 22.7 Å². The second-order valence-corrected chi connectivity index (χ2v) is 5.49. The Morgan fingerprint density at radius 1 is 1.29 bits per heavy atom. The molecule has 0 fully saturated rings. The van der Waals surface area contributed by atoms with Crippen molar-refractivity contribution in [1.29, 1.82) is 0 Å². The predicted octanol–water partition coefficient (Wildman–Crippen LogP) is 3.94. The predicted molar refractivity (Wildman–Crippen MR) is 71.6 cm³/mol. The summed E-state index contributed by atoms with van der Waals surface area (Å²) < 4.78 is 45.2. The zero-order valence-electron chi connectivity index (χ0n) is 12.4. The van der Waals surface area contributed by atoms with Crippen molar-refractivity contribution in [3.05, 3.63) is 30.1 Å². The Morgan fingerprint density at radius 3 is 2.19 bits per heavy atom. The first kappa shape index (κ1) is 17.3. The van der Waals surface area contributed by atoms with Gasteiger partial charge >= 0.3 is 12.3 Å². The maximum Gasteiger partial charge on any atom is 0.413 e. The van der Waals surface area contributed by atoms with E-state index in [2.05, 4.69) is 4.98 Å². The van der Waals surface area contributed by atoms with Gasteiger partial charge in [0.05, 0.1) is 0 Å². The fourth-order valence-corrected chi connectivity index (χ4v) is 1.83. The van der Waals surface area contributed by atoms with E-state index in [1.165, 1.54) is 31.5 Å². The van der Waals surface area contributed by atoms with Gasteiger partial charge in [-0.3, -0.25) is 9.88 Å². The lowest BCUT2D eigenvalue weighted by atomic mass is 10.1. The molecule has 1 rings (SSSR count). The first-order valence-electron chi connectivity index (χ1n) is 6.52. The molecule has 0 N–H and O–H groups in total. The number of halogens is 3. The molecule has 0 aromatic carbocycles. The van der Waals surface area contributed by atoms with E-state index < -0.39 is 23.9 Å². The molecular formula is C14H19F3N2O2. The van der Waals surface area contributed by atoms with Gasteiger partial charge in [0, 0.05) is 18.9 Å². The van der Waals surface area contributed by atoms with Gasteiger partial charge < -0.3 is 4.74 Å². The van der Waals surface area contributed by atoms with Crippen molar-refractivity contribution in [2.45, 2.75) is 45.5 Å². The van der Waals surface area contributed by atoms with E-state index in [4.69, 9.17) is 4.74 Å². The smallest absolute Gasteiger partial charge is 0.413 e. The average molecular weight is 304 g/mol. The minimum atomic E-state index is -4.60. The van der Waals surface area contributed by atoms with Gasteiger partial charge in [-0.2, -0.15) is 13.2 Å². The lowest BCUT2D eigenvalue weighted by Crippen LogP contribution is -2.44. The zero-order valence-corrected chi connectivity index (χ0v) is 12.4. The minimum Gasteiger partial charge on any atom is -0.444 e. The van der Waals surface area contributed by atoms with E-state index >= 15 is 0 Å². The Bertz CT molecular complexity index is 469. The molecule has 21 heavy (non-hydrogen) atoms. The van der Waals surface area contributed by atoms with E-state index in [-0.39, 0.29) is 12.1 Å². The number of alkyl halides is 3. The van der Waals surface area contributed by atoms with Crippen LogP contribution in [0.2, 0.25) is 0 Å². The number of ether oxygens (including phenoxy) is 1. The van der Waals surface area contributed by atoms with Crippen LogP contribution in [-0.2, 0) is 4.74 Å². The Balaban J connectivity index is 3.15. The molecule has 4 nitrogen and oxygen atoms in total. The fourth-order valence-electron chi connectivity index (χ4n) is 1.83. The van der Waals surface area contributed by atoms with Gasteiger partial charge in [-0.15, -0.1) is 0 Å². The Kier molecular flexibility index (Phi) is 5.20. The van der Waals surface area contributed by atoms with Gasteiger partial charge in [0.15, 0.2) is 6.04 Å². The lowest BCUT2D eigenvalue weighted by Gasteiger charge is -2.34. The molecule has 0 bridgehead atoms. The standard InChI is InChI=1S/C14H19F3N2O2/c1-5-19(12(20)21-13(2,3)4)11(14(15,16)17)10-6-8-18-9-7-10/h6-9,11H,5H2,1-4H3. The summed E-state index contributed by atoms with van der Waals surface area (Å²) in [5.74, 6) is 0. The van der Waals surface area contributed by atoms with Crippen LogP contribution in [0, 0.1) is 0 Å². The average Bonchev–Trinajstić information content (AvgIpc) is 2.32. The molecular weight excluding hydrogens is 285 g/mol. The van der Waals surface area contributed by atoms with E-state index in [0.29, 0.717) is 4.90 Å². The number of hydrogen-bond acceptors (Lipinski definition) is 3. The molecule has 0 radical (unpaired) electrons. The molecule has 0 saturated heterocycles. The number of hydrogen-bond donors (Lipinski definition) is 0. The number of aromatic nitrogens is 1. The Hall–Kier alpha value is -1.79. The number of pyridine rings is 1. The van der Waals surface area contributed by atoms with Gasteiger partial charge in [0.2, 0.25) is 0 Å². The van der Waals surface area contributed by atoms with Crippen molar-refractivity contribution >= 4 is 6.09 Å². The second-order valence-electron chi connectivity index (χ2n) is 5.49. The highest BCUT2D eigenvalue weighted by molar-refractivity contribution is 5.69. The van der Waals surface area contributed by atoms with E-state index in [1.807, 2.05) is 0 Å². The molecule has 7 heteroatoms. The quantitative estimate of drug-likeness (QED) is 0.849. The third kappa shape index (κ3) is 4.91. The molecule has 0 aliphatic carbocycles. The van der Waals surface area contributed by atoms with Crippen molar-refractivity contribution in [2.24, 2.45) is 0 Å². The fraction of sp³-hybridized carbons (Fsp3) is 0.571. The van der Waals surface area contributed by atoms with Crippen molar-refractivity contribution in [3.8, 4) is 0 Å². The van der Waals surface area contributed by atoms with Gasteiger partial charge in [-0.05, 0) is 45.4 Å². The molecule has 1 heterocycles. The van der Waals surface area contributed by atoms with Gasteiger partial charge in [-0.25, -0.2) is 4.79 Å². The van der Waals surface area contributed by atoms with E-state index in [1.54, 1.807) is 20.8 Å². The van der Waals surface area contributed by atoms with Crippen LogP contribution in [0.5, 0.6) is 0 Å². The van der Waals surface area contributed by atoms with Crippen LogP contribution in [-0.4, -0.2) is 34.3 Å². The van der Waals surface area contributed by atoms with Crippen LogP contribution in [0.15, 0.2) is 24.5 Å². The summed E-state index contributed by atoms with van der Waals surface area (Å²) in [7, 11) is 0. The van der Waals surface area contributed by atoms with Gasteiger partial charge in [0.25, 0.3) is 0 Å². The first-order chi connectivity index (χ1) is 9.56.